The molecule has 174 valence electrons. The molecule has 6 rings (SSSR count). The van der Waals surface area contributed by atoms with Crippen LogP contribution in [0.15, 0.2) is 67.0 Å². The summed E-state index contributed by atoms with van der Waals surface area (Å²) in [5, 5.41) is 0.402. The first kappa shape index (κ1) is 22.0. The Morgan fingerprint density at radius 2 is 1.65 bits per heavy atom. The Balaban J connectivity index is 1.25. The van der Waals surface area contributed by atoms with E-state index in [-0.39, 0.29) is 28.0 Å². The standard InChI is InChI=1S/C26H24Cl2N4O2/c27-23-22-24(31-25(28)30-23)32(16-29-22)20-11-21(34-14-18-9-5-2-6-10-18)26(12-19(20)26)15-33-13-17-7-3-1-4-8-17/h1-10,16,19-21H,11-15H2/t19?,20?,21-,26+/m0/s1. The van der Waals surface area contributed by atoms with E-state index < -0.39 is 0 Å². The molecule has 2 fully saturated rings. The van der Waals surface area contributed by atoms with Crippen molar-refractivity contribution in [2.24, 2.45) is 11.3 Å². The number of halogens is 2. The summed E-state index contributed by atoms with van der Waals surface area (Å²) in [6.45, 7) is 1.83. The zero-order valence-corrected chi connectivity index (χ0v) is 20.0. The van der Waals surface area contributed by atoms with E-state index in [9.17, 15) is 0 Å². The molecular formula is C26H24Cl2N4O2. The molecule has 8 heteroatoms. The molecule has 0 bridgehead atoms. The van der Waals surface area contributed by atoms with Crippen LogP contribution in [0.5, 0.6) is 0 Å². The lowest BCUT2D eigenvalue weighted by Crippen LogP contribution is -2.27. The van der Waals surface area contributed by atoms with E-state index in [0.29, 0.717) is 36.9 Å². The van der Waals surface area contributed by atoms with Gasteiger partial charge in [-0.25, -0.2) is 9.97 Å². The highest BCUT2D eigenvalue weighted by molar-refractivity contribution is 6.35. The van der Waals surface area contributed by atoms with Gasteiger partial charge in [0, 0.05) is 11.5 Å². The van der Waals surface area contributed by atoms with E-state index in [1.165, 1.54) is 11.1 Å². The fourth-order valence-corrected chi connectivity index (χ4v) is 5.88. The molecular weight excluding hydrogens is 471 g/mol. The number of hydrogen-bond acceptors (Lipinski definition) is 5. The van der Waals surface area contributed by atoms with Crippen molar-refractivity contribution in [2.75, 3.05) is 6.61 Å². The van der Waals surface area contributed by atoms with E-state index in [0.717, 1.165) is 12.8 Å². The minimum Gasteiger partial charge on any atom is -0.376 e. The van der Waals surface area contributed by atoms with Crippen LogP contribution in [0, 0.1) is 11.3 Å². The zero-order valence-electron chi connectivity index (χ0n) is 18.5. The summed E-state index contributed by atoms with van der Waals surface area (Å²) in [7, 11) is 0. The molecule has 34 heavy (non-hydrogen) atoms. The minimum atomic E-state index is -0.0224. The van der Waals surface area contributed by atoms with Crippen LogP contribution in [0.25, 0.3) is 11.2 Å². The number of rotatable bonds is 8. The van der Waals surface area contributed by atoms with Crippen molar-refractivity contribution in [2.45, 2.75) is 38.2 Å². The van der Waals surface area contributed by atoms with Crippen molar-refractivity contribution in [3.63, 3.8) is 0 Å². The Bertz CT molecular complexity index is 1300. The van der Waals surface area contributed by atoms with Gasteiger partial charge < -0.3 is 14.0 Å². The van der Waals surface area contributed by atoms with Crippen molar-refractivity contribution in [1.82, 2.24) is 19.5 Å². The molecule has 4 atom stereocenters. The molecule has 2 heterocycles. The van der Waals surface area contributed by atoms with E-state index in [2.05, 4.69) is 43.8 Å². The van der Waals surface area contributed by atoms with Gasteiger partial charge in [0.1, 0.15) is 5.52 Å². The van der Waals surface area contributed by atoms with Gasteiger partial charge in [0.2, 0.25) is 5.28 Å². The average Bonchev–Trinajstić information content (AvgIpc) is 3.28. The highest BCUT2D eigenvalue weighted by Crippen LogP contribution is 2.68. The zero-order chi connectivity index (χ0) is 23.1. The summed E-state index contributed by atoms with van der Waals surface area (Å²) >= 11 is 12.4. The Morgan fingerprint density at radius 3 is 2.38 bits per heavy atom. The number of imidazole rings is 1. The van der Waals surface area contributed by atoms with Crippen molar-refractivity contribution >= 4 is 34.4 Å². The molecule has 2 unspecified atom stereocenters. The molecule has 0 spiro atoms. The lowest BCUT2D eigenvalue weighted by molar-refractivity contribution is -0.0400. The predicted molar refractivity (Wildman–Crippen MR) is 131 cm³/mol. The third-order valence-electron chi connectivity index (χ3n) is 7.22. The number of benzene rings is 2. The Kier molecular flexibility index (Phi) is 5.77. The van der Waals surface area contributed by atoms with E-state index in [1.54, 1.807) is 6.33 Å². The summed E-state index contributed by atoms with van der Waals surface area (Å²) in [5.41, 5.74) is 3.57. The number of ether oxygens (including phenoxy) is 2. The quantitative estimate of drug-likeness (QED) is 0.226. The third kappa shape index (κ3) is 3.99. The predicted octanol–water partition coefficient (Wildman–Crippen LogP) is 5.89. The number of nitrogens with zero attached hydrogens (tertiary/aromatic N) is 4. The Hall–Kier alpha value is -2.51. The number of aromatic nitrogens is 4. The second-order valence-corrected chi connectivity index (χ2v) is 9.91. The van der Waals surface area contributed by atoms with Gasteiger partial charge in [-0.05, 0) is 41.5 Å². The second-order valence-electron chi connectivity index (χ2n) is 9.22. The van der Waals surface area contributed by atoms with Gasteiger partial charge in [-0.1, -0.05) is 72.3 Å². The molecule has 0 radical (unpaired) electrons. The minimum absolute atomic E-state index is 0.0224. The maximum Gasteiger partial charge on any atom is 0.225 e. The van der Waals surface area contributed by atoms with E-state index in [4.69, 9.17) is 32.7 Å². The summed E-state index contributed by atoms with van der Waals surface area (Å²) in [4.78, 5) is 12.9. The summed E-state index contributed by atoms with van der Waals surface area (Å²) in [6.07, 6.45) is 3.78. The Morgan fingerprint density at radius 1 is 0.941 bits per heavy atom. The highest BCUT2D eigenvalue weighted by atomic mass is 35.5. The first-order chi connectivity index (χ1) is 16.6. The first-order valence-electron chi connectivity index (χ1n) is 11.5. The molecule has 4 aromatic rings. The van der Waals surface area contributed by atoms with Crippen LogP contribution in [0.3, 0.4) is 0 Å². The van der Waals surface area contributed by atoms with Crippen molar-refractivity contribution < 1.29 is 9.47 Å². The van der Waals surface area contributed by atoms with Gasteiger partial charge in [-0.15, -0.1) is 0 Å². The molecule has 0 N–H and O–H groups in total. The number of hydrogen-bond donors (Lipinski definition) is 0. The molecule has 0 saturated heterocycles. The van der Waals surface area contributed by atoms with Crippen LogP contribution >= 0.6 is 23.2 Å². The molecule has 2 aliphatic carbocycles. The third-order valence-corrected chi connectivity index (χ3v) is 7.66. The monoisotopic (exact) mass is 494 g/mol. The smallest absolute Gasteiger partial charge is 0.225 e. The van der Waals surface area contributed by atoms with Gasteiger partial charge in [0.25, 0.3) is 0 Å². The van der Waals surface area contributed by atoms with Crippen LogP contribution in [-0.4, -0.2) is 32.2 Å². The van der Waals surface area contributed by atoms with Crippen molar-refractivity contribution in [3.05, 3.63) is 88.6 Å². The summed E-state index contributed by atoms with van der Waals surface area (Å²) in [5.74, 6) is 0.411. The van der Waals surface area contributed by atoms with Crippen LogP contribution < -0.4 is 0 Å². The van der Waals surface area contributed by atoms with E-state index in [1.807, 2.05) is 36.4 Å². The average molecular weight is 495 g/mol. The van der Waals surface area contributed by atoms with Crippen LogP contribution in [0.4, 0.5) is 0 Å². The number of fused-ring (bicyclic) bond motifs is 2. The fourth-order valence-electron chi connectivity index (χ4n) is 5.46. The lowest BCUT2D eigenvalue weighted by atomic mass is 10.0. The molecule has 2 aliphatic rings. The van der Waals surface area contributed by atoms with Crippen LogP contribution in [0.2, 0.25) is 10.4 Å². The molecule has 2 aromatic heterocycles. The molecule has 0 aliphatic heterocycles. The summed E-state index contributed by atoms with van der Waals surface area (Å²) < 4.78 is 14.9. The largest absolute Gasteiger partial charge is 0.376 e. The normalized spacial score (nSPS) is 25.5. The topological polar surface area (TPSA) is 62.1 Å². The lowest BCUT2D eigenvalue weighted by Gasteiger charge is -2.24. The van der Waals surface area contributed by atoms with Gasteiger partial charge in [-0.3, -0.25) is 0 Å². The molecule has 2 aromatic carbocycles. The first-order valence-corrected chi connectivity index (χ1v) is 12.2. The second kappa shape index (κ2) is 8.93. The Labute approximate surface area is 207 Å². The maximum absolute atomic E-state index is 6.54. The SMILES string of the molecule is Clc1nc(Cl)c2ncn(C3C[C@H](OCc4ccccc4)[C@@]4(COCc5ccccc5)CC34)c2n1. The van der Waals surface area contributed by atoms with Gasteiger partial charge in [-0.2, -0.15) is 4.98 Å². The van der Waals surface area contributed by atoms with Crippen molar-refractivity contribution in [1.29, 1.82) is 0 Å². The van der Waals surface area contributed by atoms with Crippen LogP contribution in [0.1, 0.15) is 30.0 Å². The van der Waals surface area contributed by atoms with Crippen LogP contribution in [-0.2, 0) is 22.7 Å². The van der Waals surface area contributed by atoms with Gasteiger partial charge >= 0.3 is 0 Å². The van der Waals surface area contributed by atoms with Gasteiger partial charge in [0.05, 0.1) is 32.3 Å². The summed E-state index contributed by atoms with van der Waals surface area (Å²) in [6, 6.07) is 20.8. The maximum atomic E-state index is 6.54. The highest BCUT2D eigenvalue weighted by Gasteiger charge is 2.68. The molecule has 2 saturated carbocycles. The molecule has 0 amide bonds. The van der Waals surface area contributed by atoms with Gasteiger partial charge in [0.15, 0.2) is 10.8 Å². The molecule has 6 nitrogen and oxygen atoms in total. The van der Waals surface area contributed by atoms with Crippen molar-refractivity contribution in [3.8, 4) is 0 Å². The van der Waals surface area contributed by atoms with E-state index >= 15 is 0 Å². The fraction of sp³-hybridized carbons (Fsp3) is 0.346.